The first kappa shape index (κ1) is 6.84. The second-order valence-electron chi connectivity index (χ2n) is 2.39. The van der Waals surface area contributed by atoms with Crippen LogP contribution < -0.4 is 0 Å². The lowest BCUT2D eigenvalue weighted by molar-refractivity contribution is 0.0688. The summed E-state index contributed by atoms with van der Waals surface area (Å²) in [6.45, 7) is 1.74. The minimum Gasteiger partial charge on any atom is -0.476 e. The van der Waals surface area contributed by atoms with E-state index in [4.69, 9.17) is 5.11 Å². The number of aromatic carboxylic acids is 1. The van der Waals surface area contributed by atoms with Gasteiger partial charge >= 0.3 is 5.97 Å². The lowest BCUT2D eigenvalue weighted by Gasteiger charge is -1.87. The highest BCUT2D eigenvalue weighted by Crippen LogP contribution is 2.03. The standard InChI is InChI=1S/C6H6N4O2/c1-3-8-6-7-2-4(5(11)12)10(6)9-3/h2H,1H3,(H,11,12)(H,7,8,9). The van der Waals surface area contributed by atoms with Crippen LogP contribution in [-0.4, -0.2) is 30.7 Å². The molecule has 0 unspecified atom stereocenters. The maximum atomic E-state index is 10.6. The lowest BCUT2D eigenvalue weighted by atomic mass is 10.5. The molecule has 62 valence electrons. The number of fused-ring (bicyclic) bond motifs is 1. The number of H-pyrrole nitrogens is 1. The highest BCUT2D eigenvalue weighted by atomic mass is 16.4. The molecule has 0 amide bonds. The van der Waals surface area contributed by atoms with E-state index in [1.807, 2.05) is 0 Å². The maximum absolute atomic E-state index is 10.6. The number of rotatable bonds is 1. The summed E-state index contributed by atoms with van der Waals surface area (Å²) < 4.78 is 1.33. The average molecular weight is 166 g/mol. The number of hydrogen-bond acceptors (Lipinski definition) is 3. The molecule has 0 aromatic carbocycles. The molecule has 2 rings (SSSR count). The van der Waals surface area contributed by atoms with Gasteiger partial charge in [0.25, 0.3) is 5.78 Å². The Morgan fingerprint density at radius 2 is 2.50 bits per heavy atom. The van der Waals surface area contributed by atoms with Crippen LogP contribution in [0.4, 0.5) is 0 Å². The molecule has 0 aliphatic heterocycles. The van der Waals surface area contributed by atoms with E-state index >= 15 is 0 Å². The number of carbonyl (C=O) groups is 1. The molecule has 0 radical (unpaired) electrons. The number of aryl methyl sites for hydroxylation is 1. The normalized spacial score (nSPS) is 10.8. The fourth-order valence-corrected chi connectivity index (χ4v) is 1.02. The van der Waals surface area contributed by atoms with Crippen molar-refractivity contribution in [1.29, 1.82) is 0 Å². The van der Waals surface area contributed by atoms with Crippen LogP contribution in [0.1, 0.15) is 16.3 Å². The minimum absolute atomic E-state index is 0.0885. The summed E-state index contributed by atoms with van der Waals surface area (Å²) >= 11 is 0. The van der Waals surface area contributed by atoms with Gasteiger partial charge in [-0.05, 0) is 6.92 Å². The lowest BCUT2D eigenvalue weighted by Crippen LogP contribution is -2.01. The molecular formula is C6H6N4O2. The molecule has 6 nitrogen and oxygen atoms in total. The number of aromatic nitrogens is 4. The molecule has 0 spiro atoms. The molecule has 2 heterocycles. The summed E-state index contributed by atoms with van der Waals surface area (Å²) in [5.74, 6) is -0.00310. The summed E-state index contributed by atoms with van der Waals surface area (Å²) in [5.41, 5.74) is 0.0885. The van der Waals surface area contributed by atoms with Crippen molar-refractivity contribution in [3.8, 4) is 0 Å². The van der Waals surface area contributed by atoms with Crippen LogP contribution in [-0.2, 0) is 0 Å². The quantitative estimate of drug-likeness (QED) is 0.627. The number of carboxylic acids is 1. The zero-order valence-electron chi connectivity index (χ0n) is 6.27. The summed E-state index contributed by atoms with van der Waals surface area (Å²) in [6.07, 6.45) is 1.26. The van der Waals surface area contributed by atoms with Crippen molar-refractivity contribution in [2.75, 3.05) is 0 Å². The third-order valence-electron chi connectivity index (χ3n) is 1.50. The number of nitrogens with one attached hydrogen (secondary N) is 1. The van der Waals surface area contributed by atoms with Gasteiger partial charge in [-0.3, -0.25) is 5.10 Å². The fraction of sp³-hybridized carbons (Fsp3) is 0.167. The smallest absolute Gasteiger partial charge is 0.356 e. The van der Waals surface area contributed by atoms with E-state index in [1.165, 1.54) is 10.7 Å². The average Bonchev–Trinajstić information content (AvgIpc) is 2.43. The van der Waals surface area contributed by atoms with Crippen LogP contribution in [0.5, 0.6) is 0 Å². The van der Waals surface area contributed by atoms with E-state index < -0.39 is 5.97 Å². The summed E-state index contributed by atoms with van der Waals surface area (Å²) in [5, 5.41) is 11.4. The first-order valence-electron chi connectivity index (χ1n) is 3.32. The van der Waals surface area contributed by atoms with E-state index in [9.17, 15) is 4.79 Å². The Bertz CT molecular complexity index is 441. The van der Waals surface area contributed by atoms with Gasteiger partial charge in [-0.1, -0.05) is 0 Å². The van der Waals surface area contributed by atoms with Crippen molar-refractivity contribution >= 4 is 11.7 Å². The molecule has 0 atom stereocenters. The number of aromatic amines is 1. The topological polar surface area (TPSA) is 83.3 Å². The second kappa shape index (κ2) is 2.07. The monoisotopic (exact) mass is 166 g/mol. The van der Waals surface area contributed by atoms with Gasteiger partial charge in [0, 0.05) is 0 Å². The second-order valence-corrected chi connectivity index (χ2v) is 2.39. The predicted molar refractivity (Wildman–Crippen MR) is 39.0 cm³/mol. The highest BCUT2D eigenvalue weighted by Gasteiger charge is 2.12. The molecule has 0 saturated carbocycles. The molecule has 12 heavy (non-hydrogen) atoms. The molecule has 0 saturated heterocycles. The highest BCUT2D eigenvalue weighted by molar-refractivity contribution is 5.86. The Morgan fingerprint density at radius 3 is 3.17 bits per heavy atom. The summed E-state index contributed by atoms with van der Waals surface area (Å²) in [4.78, 5) is 18.3. The predicted octanol–water partition coefficient (Wildman–Crippen LogP) is 0.0640. The van der Waals surface area contributed by atoms with Crippen LogP contribution >= 0.6 is 0 Å². The van der Waals surface area contributed by atoms with Crippen LogP contribution in [0.25, 0.3) is 5.78 Å². The first-order valence-corrected chi connectivity index (χ1v) is 3.32. The first-order chi connectivity index (χ1) is 5.68. The zero-order chi connectivity index (χ0) is 8.72. The van der Waals surface area contributed by atoms with Crippen LogP contribution in [0, 0.1) is 6.92 Å². The summed E-state index contributed by atoms with van der Waals surface area (Å²) in [6, 6.07) is 0. The van der Waals surface area contributed by atoms with Gasteiger partial charge in [-0.25, -0.2) is 14.3 Å². The molecule has 2 aromatic rings. The van der Waals surface area contributed by atoms with Crippen LogP contribution in [0.2, 0.25) is 0 Å². The molecule has 6 heteroatoms. The minimum atomic E-state index is -1.02. The molecule has 0 aliphatic carbocycles. The van der Waals surface area contributed by atoms with Gasteiger partial charge in [0.15, 0.2) is 5.69 Å². The van der Waals surface area contributed by atoms with Gasteiger partial charge in [-0.15, -0.1) is 0 Å². The van der Waals surface area contributed by atoms with Crippen LogP contribution in [0.3, 0.4) is 0 Å². The Labute approximate surface area is 66.9 Å². The number of hydrogen-bond donors (Lipinski definition) is 2. The number of nitrogens with zero attached hydrogens (tertiary/aromatic N) is 3. The Morgan fingerprint density at radius 1 is 1.75 bits per heavy atom. The van der Waals surface area contributed by atoms with Gasteiger partial charge in [0.1, 0.15) is 5.82 Å². The van der Waals surface area contributed by atoms with E-state index in [1.54, 1.807) is 6.92 Å². The number of imidazole rings is 1. The van der Waals surface area contributed by atoms with Crippen molar-refractivity contribution < 1.29 is 9.90 Å². The van der Waals surface area contributed by atoms with Crippen molar-refractivity contribution in [2.45, 2.75) is 6.92 Å². The van der Waals surface area contributed by atoms with Crippen LogP contribution in [0.15, 0.2) is 6.20 Å². The molecular weight excluding hydrogens is 160 g/mol. The van der Waals surface area contributed by atoms with Crippen molar-refractivity contribution in [3.05, 3.63) is 17.7 Å². The molecule has 0 bridgehead atoms. The third-order valence-corrected chi connectivity index (χ3v) is 1.50. The maximum Gasteiger partial charge on any atom is 0.356 e. The molecule has 0 aliphatic rings. The number of carboxylic acid groups (broad SMARTS) is 1. The van der Waals surface area contributed by atoms with Gasteiger partial charge in [-0.2, -0.15) is 4.98 Å². The van der Waals surface area contributed by atoms with Gasteiger partial charge < -0.3 is 5.11 Å². The SMILES string of the molecule is Cc1nc2ncc(C(=O)O)n2[nH]1. The molecule has 2 N–H and O–H groups in total. The van der Waals surface area contributed by atoms with Crippen molar-refractivity contribution in [3.63, 3.8) is 0 Å². The molecule has 2 aromatic heterocycles. The third kappa shape index (κ3) is 0.777. The van der Waals surface area contributed by atoms with Gasteiger partial charge in [0.05, 0.1) is 6.20 Å². The largest absolute Gasteiger partial charge is 0.476 e. The fourth-order valence-electron chi connectivity index (χ4n) is 1.02. The zero-order valence-corrected chi connectivity index (χ0v) is 6.27. The van der Waals surface area contributed by atoms with Crippen molar-refractivity contribution in [2.24, 2.45) is 0 Å². The molecule has 0 fully saturated rings. The Hall–Kier alpha value is -1.85. The van der Waals surface area contributed by atoms with E-state index in [0.717, 1.165) is 0 Å². The Kier molecular flexibility index (Phi) is 1.18. The van der Waals surface area contributed by atoms with Gasteiger partial charge in [0.2, 0.25) is 0 Å². The summed E-state index contributed by atoms with van der Waals surface area (Å²) in [7, 11) is 0. The van der Waals surface area contributed by atoms with E-state index in [-0.39, 0.29) is 5.69 Å². The van der Waals surface area contributed by atoms with E-state index in [2.05, 4.69) is 15.1 Å². The Balaban J connectivity index is 2.76. The van der Waals surface area contributed by atoms with E-state index in [0.29, 0.717) is 11.6 Å². The van der Waals surface area contributed by atoms with Crippen molar-refractivity contribution in [1.82, 2.24) is 19.6 Å².